The Kier molecular flexibility index (Phi) is 3.66. The number of epoxide rings is 2. The van der Waals surface area contributed by atoms with E-state index in [4.69, 9.17) is 18.9 Å². The van der Waals surface area contributed by atoms with Crippen LogP contribution in [0.1, 0.15) is 20.7 Å². The normalized spacial score (nSPS) is 23.0. The van der Waals surface area contributed by atoms with Crippen LogP contribution in [0, 0.1) is 0 Å². The van der Waals surface area contributed by atoms with E-state index in [2.05, 4.69) is 0 Å². The molecule has 2 aliphatic rings. The van der Waals surface area contributed by atoms with Crippen molar-refractivity contribution in [2.75, 3.05) is 26.4 Å². The Labute approximate surface area is 115 Å². The van der Waals surface area contributed by atoms with E-state index in [1.807, 2.05) is 0 Å². The van der Waals surface area contributed by atoms with Gasteiger partial charge in [0.25, 0.3) is 0 Å². The van der Waals surface area contributed by atoms with Crippen molar-refractivity contribution in [1.29, 1.82) is 0 Å². The summed E-state index contributed by atoms with van der Waals surface area (Å²) in [6.07, 6.45) is 0.0793. The highest BCUT2D eigenvalue weighted by Crippen LogP contribution is 2.13. The zero-order valence-corrected chi connectivity index (χ0v) is 10.7. The summed E-state index contributed by atoms with van der Waals surface area (Å²) >= 11 is 0. The summed E-state index contributed by atoms with van der Waals surface area (Å²) in [5, 5.41) is 0. The molecule has 0 aliphatic carbocycles. The van der Waals surface area contributed by atoms with E-state index in [1.54, 1.807) is 24.3 Å². The summed E-state index contributed by atoms with van der Waals surface area (Å²) in [4.78, 5) is 23.3. The third kappa shape index (κ3) is 3.55. The summed E-state index contributed by atoms with van der Waals surface area (Å²) in [5.41, 5.74) is 0.792. The maximum absolute atomic E-state index is 11.7. The lowest BCUT2D eigenvalue weighted by molar-refractivity contribution is 0.0463. The van der Waals surface area contributed by atoms with E-state index in [0.29, 0.717) is 24.3 Å². The number of hydrogen-bond donors (Lipinski definition) is 0. The summed E-state index contributed by atoms with van der Waals surface area (Å²) in [7, 11) is 0. The molecule has 1 aromatic rings. The first-order valence-electron chi connectivity index (χ1n) is 6.40. The minimum absolute atomic E-state index is 0.0397. The molecule has 0 unspecified atom stereocenters. The third-order valence-corrected chi connectivity index (χ3v) is 2.96. The molecule has 0 N–H and O–H groups in total. The highest BCUT2D eigenvalue weighted by molar-refractivity contribution is 5.93. The van der Waals surface area contributed by atoms with Crippen LogP contribution in [-0.4, -0.2) is 50.6 Å². The molecule has 6 heteroatoms. The summed E-state index contributed by atoms with van der Waals surface area (Å²) in [5.74, 6) is -0.849. The fourth-order valence-corrected chi connectivity index (χ4v) is 1.57. The second-order valence-electron chi connectivity index (χ2n) is 4.68. The lowest BCUT2D eigenvalue weighted by Gasteiger charge is -2.05. The van der Waals surface area contributed by atoms with E-state index < -0.39 is 11.9 Å². The van der Waals surface area contributed by atoms with Crippen molar-refractivity contribution in [2.24, 2.45) is 0 Å². The zero-order chi connectivity index (χ0) is 13.9. The number of rotatable bonds is 6. The number of esters is 2. The van der Waals surface area contributed by atoms with E-state index >= 15 is 0 Å². The van der Waals surface area contributed by atoms with Crippen LogP contribution >= 0.6 is 0 Å². The van der Waals surface area contributed by atoms with Gasteiger partial charge in [0.1, 0.15) is 25.4 Å². The maximum atomic E-state index is 11.7. The molecule has 1 aromatic carbocycles. The van der Waals surface area contributed by atoms with Crippen LogP contribution in [0.2, 0.25) is 0 Å². The van der Waals surface area contributed by atoms with Gasteiger partial charge in [0.2, 0.25) is 0 Å². The zero-order valence-electron chi connectivity index (χ0n) is 10.7. The van der Waals surface area contributed by atoms with Gasteiger partial charge in [-0.15, -0.1) is 0 Å². The van der Waals surface area contributed by atoms with Crippen molar-refractivity contribution < 1.29 is 28.5 Å². The van der Waals surface area contributed by atoms with Gasteiger partial charge < -0.3 is 18.9 Å². The molecule has 0 amide bonds. The Bertz CT molecular complexity index is 454. The first-order chi connectivity index (χ1) is 9.72. The Morgan fingerprint density at radius 2 is 1.25 bits per heavy atom. The Morgan fingerprint density at radius 3 is 1.55 bits per heavy atom. The molecule has 2 aliphatic heterocycles. The molecule has 2 heterocycles. The number of ether oxygens (including phenoxy) is 4. The monoisotopic (exact) mass is 278 g/mol. The van der Waals surface area contributed by atoms with Gasteiger partial charge in [0, 0.05) is 0 Å². The van der Waals surface area contributed by atoms with Crippen molar-refractivity contribution >= 4 is 11.9 Å². The van der Waals surface area contributed by atoms with Gasteiger partial charge in [0.15, 0.2) is 0 Å². The molecule has 106 valence electrons. The SMILES string of the molecule is O=C(OC[C@@H]1CO1)c1ccc(C(=O)OC[C@@H]2CO2)cc1. The van der Waals surface area contributed by atoms with Crippen molar-refractivity contribution in [1.82, 2.24) is 0 Å². The fraction of sp³-hybridized carbons (Fsp3) is 0.429. The first kappa shape index (κ1) is 13.1. The standard InChI is InChI=1S/C14H14O6/c15-13(19-7-11-5-17-11)9-1-2-10(4-3-9)14(16)20-8-12-6-18-12/h1-4,11-12H,5-8H2/t11-,12-/m0/s1. The molecule has 2 fully saturated rings. The van der Waals surface area contributed by atoms with Crippen LogP contribution in [0.25, 0.3) is 0 Å². The quantitative estimate of drug-likeness (QED) is 0.565. The smallest absolute Gasteiger partial charge is 0.338 e. The summed E-state index contributed by atoms with van der Waals surface area (Å²) < 4.78 is 20.0. The predicted molar refractivity (Wildman–Crippen MR) is 66.5 cm³/mol. The van der Waals surface area contributed by atoms with Gasteiger partial charge in [-0.1, -0.05) is 0 Å². The molecule has 0 radical (unpaired) electrons. The largest absolute Gasteiger partial charge is 0.459 e. The molecule has 6 nitrogen and oxygen atoms in total. The minimum atomic E-state index is -0.424. The molecule has 2 saturated heterocycles. The highest BCUT2D eigenvalue weighted by Gasteiger charge is 2.25. The number of carbonyl (C=O) groups is 2. The fourth-order valence-electron chi connectivity index (χ4n) is 1.57. The van der Waals surface area contributed by atoms with Crippen LogP contribution in [-0.2, 0) is 18.9 Å². The molecular formula is C14H14O6. The van der Waals surface area contributed by atoms with Gasteiger partial charge in [0.05, 0.1) is 24.3 Å². The van der Waals surface area contributed by atoms with Crippen LogP contribution in [0.5, 0.6) is 0 Å². The van der Waals surface area contributed by atoms with Crippen LogP contribution < -0.4 is 0 Å². The van der Waals surface area contributed by atoms with E-state index in [9.17, 15) is 9.59 Å². The second kappa shape index (κ2) is 5.60. The second-order valence-corrected chi connectivity index (χ2v) is 4.68. The molecule has 0 aromatic heterocycles. The topological polar surface area (TPSA) is 77.7 Å². The van der Waals surface area contributed by atoms with Crippen LogP contribution in [0.4, 0.5) is 0 Å². The average Bonchev–Trinajstić information content (AvgIpc) is 3.37. The molecule has 20 heavy (non-hydrogen) atoms. The lowest BCUT2D eigenvalue weighted by atomic mass is 10.1. The molecule has 2 atom stereocenters. The lowest BCUT2D eigenvalue weighted by Crippen LogP contribution is -2.12. The Hall–Kier alpha value is -1.92. The van der Waals surface area contributed by atoms with Gasteiger partial charge in [-0.25, -0.2) is 9.59 Å². The van der Waals surface area contributed by atoms with Crippen LogP contribution in [0.3, 0.4) is 0 Å². The summed E-state index contributed by atoms with van der Waals surface area (Å²) in [6.45, 7) is 1.82. The number of hydrogen-bond acceptors (Lipinski definition) is 6. The maximum Gasteiger partial charge on any atom is 0.338 e. The molecule has 0 spiro atoms. The molecule has 3 rings (SSSR count). The minimum Gasteiger partial charge on any atom is -0.459 e. The highest BCUT2D eigenvalue weighted by atomic mass is 16.6. The number of benzene rings is 1. The van der Waals surface area contributed by atoms with Gasteiger partial charge in [-0.3, -0.25) is 0 Å². The van der Waals surface area contributed by atoms with Gasteiger partial charge in [-0.05, 0) is 24.3 Å². The van der Waals surface area contributed by atoms with Crippen molar-refractivity contribution in [3.63, 3.8) is 0 Å². The van der Waals surface area contributed by atoms with Crippen molar-refractivity contribution in [3.05, 3.63) is 35.4 Å². The summed E-state index contributed by atoms with van der Waals surface area (Å²) in [6, 6.07) is 6.17. The Balaban J connectivity index is 1.52. The Morgan fingerprint density at radius 1 is 0.900 bits per heavy atom. The van der Waals surface area contributed by atoms with Crippen molar-refractivity contribution in [3.8, 4) is 0 Å². The van der Waals surface area contributed by atoms with Crippen LogP contribution in [0.15, 0.2) is 24.3 Å². The molecule has 0 bridgehead atoms. The average molecular weight is 278 g/mol. The van der Waals surface area contributed by atoms with E-state index in [1.165, 1.54) is 0 Å². The molecule has 0 saturated carbocycles. The number of carbonyl (C=O) groups excluding carboxylic acids is 2. The van der Waals surface area contributed by atoms with E-state index in [-0.39, 0.29) is 25.4 Å². The van der Waals surface area contributed by atoms with Gasteiger partial charge in [-0.2, -0.15) is 0 Å². The third-order valence-electron chi connectivity index (χ3n) is 2.96. The first-order valence-corrected chi connectivity index (χ1v) is 6.40. The van der Waals surface area contributed by atoms with Crippen molar-refractivity contribution in [2.45, 2.75) is 12.2 Å². The molecular weight excluding hydrogens is 264 g/mol. The predicted octanol–water partition coefficient (Wildman–Crippen LogP) is 0.798. The van der Waals surface area contributed by atoms with Gasteiger partial charge >= 0.3 is 11.9 Å². The van der Waals surface area contributed by atoms with E-state index in [0.717, 1.165) is 0 Å².